The van der Waals surface area contributed by atoms with Gasteiger partial charge in [-0.15, -0.1) is 0 Å². The van der Waals surface area contributed by atoms with E-state index in [0.717, 1.165) is 49.2 Å². The maximum absolute atomic E-state index is 5.62. The summed E-state index contributed by atoms with van der Waals surface area (Å²) in [6, 6.07) is 5.72. The molecular formula is C20H29N5O2S. The molecule has 3 rings (SSSR count). The van der Waals surface area contributed by atoms with Gasteiger partial charge in [-0.1, -0.05) is 0 Å². The van der Waals surface area contributed by atoms with E-state index in [0.29, 0.717) is 11.5 Å². The van der Waals surface area contributed by atoms with Crippen molar-refractivity contribution < 1.29 is 9.47 Å². The standard InChI is InChI=1S/C20H29N5O2S/c1-14-17(15(2)23(3)22-14)13-24-8-10-25(11-9-24)20(28)21-16-6-7-18(26-4)19(12-16)27-5/h6-7,12H,8-11,13H2,1-5H3,(H,21,28). The highest BCUT2D eigenvalue weighted by Gasteiger charge is 2.21. The minimum atomic E-state index is 0.683. The molecule has 1 N–H and O–H groups in total. The van der Waals surface area contributed by atoms with Gasteiger partial charge in [-0.3, -0.25) is 9.58 Å². The Balaban J connectivity index is 1.55. The van der Waals surface area contributed by atoms with Crippen LogP contribution in [0.2, 0.25) is 0 Å². The van der Waals surface area contributed by atoms with Crippen molar-refractivity contribution in [2.75, 3.05) is 45.7 Å². The number of ether oxygens (including phenoxy) is 2. The number of piperazine rings is 1. The van der Waals surface area contributed by atoms with Crippen molar-refractivity contribution in [1.82, 2.24) is 19.6 Å². The van der Waals surface area contributed by atoms with Gasteiger partial charge in [0, 0.05) is 62.8 Å². The topological polar surface area (TPSA) is 54.8 Å². The Morgan fingerprint density at radius 1 is 1.11 bits per heavy atom. The van der Waals surface area contributed by atoms with E-state index < -0.39 is 0 Å². The summed E-state index contributed by atoms with van der Waals surface area (Å²) in [6.45, 7) is 8.90. The molecule has 0 saturated carbocycles. The molecule has 2 aromatic rings. The summed E-state index contributed by atoms with van der Waals surface area (Å²) in [5.41, 5.74) is 4.59. The highest BCUT2D eigenvalue weighted by molar-refractivity contribution is 7.80. The minimum absolute atomic E-state index is 0.683. The molecule has 7 nitrogen and oxygen atoms in total. The first-order valence-electron chi connectivity index (χ1n) is 9.42. The number of thiocarbonyl (C=S) groups is 1. The van der Waals surface area contributed by atoms with E-state index in [2.05, 4.69) is 34.1 Å². The molecule has 152 valence electrons. The van der Waals surface area contributed by atoms with Crippen LogP contribution >= 0.6 is 12.2 Å². The predicted molar refractivity (Wildman–Crippen MR) is 115 cm³/mol. The van der Waals surface area contributed by atoms with Crippen LogP contribution in [0, 0.1) is 13.8 Å². The summed E-state index contributed by atoms with van der Waals surface area (Å²) >= 11 is 5.62. The van der Waals surface area contributed by atoms with Gasteiger partial charge >= 0.3 is 0 Å². The number of rotatable bonds is 5. The van der Waals surface area contributed by atoms with Crippen molar-refractivity contribution in [1.29, 1.82) is 0 Å². The van der Waals surface area contributed by atoms with Crippen molar-refractivity contribution in [3.05, 3.63) is 35.2 Å². The molecule has 0 amide bonds. The van der Waals surface area contributed by atoms with Gasteiger partial charge in [0.05, 0.1) is 19.9 Å². The van der Waals surface area contributed by atoms with Gasteiger partial charge in [-0.05, 0) is 38.2 Å². The van der Waals surface area contributed by atoms with Gasteiger partial charge < -0.3 is 19.7 Å². The third-order valence-corrected chi connectivity index (χ3v) is 5.70. The van der Waals surface area contributed by atoms with Gasteiger partial charge in [0.25, 0.3) is 0 Å². The summed E-state index contributed by atoms with van der Waals surface area (Å²) in [6.07, 6.45) is 0. The van der Waals surface area contributed by atoms with E-state index in [4.69, 9.17) is 21.7 Å². The number of hydrogen-bond acceptors (Lipinski definition) is 5. The monoisotopic (exact) mass is 403 g/mol. The lowest BCUT2D eigenvalue weighted by Gasteiger charge is -2.36. The maximum Gasteiger partial charge on any atom is 0.173 e. The van der Waals surface area contributed by atoms with Crippen molar-refractivity contribution in [3.8, 4) is 11.5 Å². The van der Waals surface area contributed by atoms with E-state index in [1.807, 2.05) is 29.9 Å². The van der Waals surface area contributed by atoms with Crippen LogP contribution < -0.4 is 14.8 Å². The normalized spacial score (nSPS) is 14.8. The molecule has 1 aromatic heterocycles. The second-order valence-corrected chi connectivity index (χ2v) is 7.42. The summed E-state index contributed by atoms with van der Waals surface area (Å²) in [5.74, 6) is 1.39. The Kier molecular flexibility index (Phi) is 6.41. The molecule has 0 unspecified atom stereocenters. The summed E-state index contributed by atoms with van der Waals surface area (Å²) < 4.78 is 12.6. The highest BCUT2D eigenvalue weighted by Crippen LogP contribution is 2.30. The molecule has 28 heavy (non-hydrogen) atoms. The minimum Gasteiger partial charge on any atom is -0.493 e. The maximum atomic E-state index is 5.62. The van der Waals surface area contributed by atoms with Gasteiger partial charge in [-0.25, -0.2) is 0 Å². The van der Waals surface area contributed by atoms with Crippen LogP contribution in [0.25, 0.3) is 0 Å². The second kappa shape index (κ2) is 8.79. The number of nitrogens with one attached hydrogen (secondary N) is 1. The molecule has 1 saturated heterocycles. The first kappa shape index (κ1) is 20.4. The molecule has 2 heterocycles. The van der Waals surface area contributed by atoms with Gasteiger partial charge in [0.1, 0.15) is 0 Å². The first-order valence-corrected chi connectivity index (χ1v) is 9.83. The van der Waals surface area contributed by atoms with Crippen molar-refractivity contribution in [3.63, 3.8) is 0 Å². The fraction of sp³-hybridized carbons (Fsp3) is 0.500. The average molecular weight is 404 g/mol. The first-order chi connectivity index (χ1) is 13.4. The molecule has 1 fully saturated rings. The molecule has 1 aromatic carbocycles. The van der Waals surface area contributed by atoms with E-state index in [-0.39, 0.29) is 0 Å². The van der Waals surface area contributed by atoms with Gasteiger partial charge in [0.2, 0.25) is 0 Å². The Morgan fingerprint density at radius 3 is 2.36 bits per heavy atom. The summed E-state index contributed by atoms with van der Waals surface area (Å²) in [7, 11) is 5.26. The number of nitrogens with zero attached hydrogens (tertiary/aromatic N) is 4. The van der Waals surface area contributed by atoms with Crippen LogP contribution in [0.3, 0.4) is 0 Å². The lowest BCUT2D eigenvalue weighted by Crippen LogP contribution is -2.49. The fourth-order valence-electron chi connectivity index (χ4n) is 3.50. The Hall–Kier alpha value is -2.32. The van der Waals surface area contributed by atoms with Crippen LogP contribution in [-0.2, 0) is 13.6 Å². The second-order valence-electron chi connectivity index (χ2n) is 7.04. The molecule has 0 atom stereocenters. The third-order valence-electron chi connectivity index (χ3n) is 5.33. The van der Waals surface area contributed by atoms with E-state index in [1.165, 1.54) is 11.3 Å². The summed E-state index contributed by atoms with van der Waals surface area (Å²) in [4.78, 5) is 4.68. The number of aryl methyl sites for hydroxylation is 2. The van der Waals surface area contributed by atoms with E-state index in [1.54, 1.807) is 14.2 Å². The zero-order valence-corrected chi connectivity index (χ0v) is 18.1. The zero-order valence-electron chi connectivity index (χ0n) is 17.3. The van der Waals surface area contributed by atoms with Crippen molar-refractivity contribution in [2.45, 2.75) is 20.4 Å². The lowest BCUT2D eigenvalue weighted by molar-refractivity contribution is 0.176. The van der Waals surface area contributed by atoms with Gasteiger partial charge in [-0.2, -0.15) is 5.10 Å². The average Bonchev–Trinajstić information content (AvgIpc) is 2.94. The molecule has 0 spiro atoms. The Labute approximate surface area is 172 Å². The molecule has 1 aliphatic rings. The van der Waals surface area contributed by atoms with Crippen LogP contribution in [-0.4, -0.2) is 65.1 Å². The quantitative estimate of drug-likeness (QED) is 0.770. The van der Waals surface area contributed by atoms with E-state index in [9.17, 15) is 0 Å². The summed E-state index contributed by atoms with van der Waals surface area (Å²) in [5, 5.41) is 8.57. The van der Waals surface area contributed by atoms with Crippen LogP contribution in [0.15, 0.2) is 18.2 Å². The largest absolute Gasteiger partial charge is 0.493 e. The van der Waals surface area contributed by atoms with Gasteiger partial charge in [0.15, 0.2) is 16.6 Å². The number of anilines is 1. The molecule has 0 aliphatic carbocycles. The third kappa shape index (κ3) is 4.39. The lowest BCUT2D eigenvalue weighted by atomic mass is 10.1. The van der Waals surface area contributed by atoms with Crippen LogP contribution in [0.1, 0.15) is 17.0 Å². The Bertz CT molecular complexity index is 843. The van der Waals surface area contributed by atoms with Crippen LogP contribution in [0.4, 0.5) is 5.69 Å². The molecule has 0 bridgehead atoms. The molecule has 8 heteroatoms. The zero-order chi connectivity index (χ0) is 20.3. The fourth-order valence-corrected chi connectivity index (χ4v) is 3.80. The number of hydrogen-bond donors (Lipinski definition) is 1. The molecule has 0 radical (unpaired) electrons. The smallest absolute Gasteiger partial charge is 0.173 e. The highest BCUT2D eigenvalue weighted by atomic mass is 32.1. The SMILES string of the molecule is COc1ccc(NC(=S)N2CCN(Cc3c(C)nn(C)c3C)CC2)cc1OC. The predicted octanol–water partition coefficient (Wildman–Crippen LogP) is 2.57. The Morgan fingerprint density at radius 2 is 1.79 bits per heavy atom. The van der Waals surface area contributed by atoms with Crippen molar-refractivity contribution in [2.24, 2.45) is 7.05 Å². The number of benzene rings is 1. The van der Waals surface area contributed by atoms with Crippen molar-refractivity contribution >= 4 is 23.0 Å². The number of aromatic nitrogens is 2. The van der Waals surface area contributed by atoms with Crippen LogP contribution in [0.5, 0.6) is 11.5 Å². The van der Waals surface area contributed by atoms with E-state index >= 15 is 0 Å². The number of methoxy groups -OCH3 is 2. The molecular weight excluding hydrogens is 374 g/mol. The molecule has 1 aliphatic heterocycles.